The fourth-order valence-electron chi connectivity index (χ4n) is 1.18. The first-order valence-electron chi connectivity index (χ1n) is 5.04. The molecular formula is C9H14F3N3O. The predicted molar refractivity (Wildman–Crippen MR) is 50.6 cm³/mol. The number of rotatable bonds is 6. The van der Waals surface area contributed by atoms with Crippen molar-refractivity contribution >= 4 is 0 Å². The standard InChI is InChI=1S/C9H14F3N3O/c1-7-14-15-8(16-7)6-13-5-3-2-4-9(10,11)12/h13H,2-6H2,1H3. The Hall–Kier alpha value is -1.11. The molecule has 0 amide bonds. The summed E-state index contributed by atoms with van der Waals surface area (Å²) in [6.45, 7) is 2.59. The zero-order valence-electron chi connectivity index (χ0n) is 8.97. The van der Waals surface area contributed by atoms with E-state index in [9.17, 15) is 13.2 Å². The highest BCUT2D eigenvalue weighted by Crippen LogP contribution is 2.21. The number of aromatic nitrogens is 2. The molecule has 0 radical (unpaired) electrons. The van der Waals surface area contributed by atoms with Crippen molar-refractivity contribution in [3.8, 4) is 0 Å². The van der Waals surface area contributed by atoms with E-state index >= 15 is 0 Å². The summed E-state index contributed by atoms with van der Waals surface area (Å²) in [5.41, 5.74) is 0. The van der Waals surface area contributed by atoms with Crippen molar-refractivity contribution < 1.29 is 17.6 Å². The molecule has 0 unspecified atom stereocenters. The minimum absolute atomic E-state index is 0.138. The second-order valence-electron chi connectivity index (χ2n) is 3.46. The van der Waals surface area contributed by atoms with Crippen molar-refractivity contribution in [2.75, 3.05) is 6.54 Å². The summed E-state index contributed by atoms with van der Waals surface area (Å²) in [6.07, 6.45) is -4.16. The third kappa shape index (κ3) is 5.69. The third-order valence-corrected chi connectivity index (χ3v) is 1.91. The molecule has 0 spiro atoms. The van der Waals surface area contributed by atoms with Gasteiger partial charge in [0.25, 0.3) is 0 Å². The van der Waals surface area contributed by atoms with Crippen LogP contribution in [0.5, 0.6) is 0 Å². The summed E-state index contributed by atoms with van der Waals surface area (Å²) < 4.78 is 40.4. The fourth-order valence-corrected chi connectivity index (χ4v) is 1.18. The number of aryl methyl sites for hydroxylation is 1. The zero-order chi connectivity index (χ0) is 12.0. The molecule has 0 fully saturated rings. The van der Waals surface area contributed by atoms with Crippen LogP contribution in [0.1, 0.15) is 31.0 Å². The van der Waals surface area contributed by atoms with Crippen LogP contribution in [0.4, 0.5) is 13.2 Å². The van der Waals surface area contributed by atoms with Gasteiger partial charge in [-0.25, -0.2) is 0 Å². The summed E-state index contributed by atoms with van der Waals surface area (Å²) in [7, 11) is 0. The average Bonchev–Trinajstić information content (AvgIpc) is 2.56. The predicted octanol–water partition coefficient (Wildman–Crippen LogP) is 2.20. The molecule has 0 saturated carbocycles. The Kier molecular flexibility index (Phi) is 4.72. The first-order valence-corrected chi connectivity index (χ1v) is 5.04. The van der Waals surface area contributed by atoms with Gasteiger partial charge in [-0.15, -0.1) is 10.2 Å². The van der Waals surface area contributed by atoms with Crippen molar-refractivity contribution in [2.24, 2.45) is 0 Å². The lowest BCUT2D eigenvalue weighted by Crippen LogP contribution is -2.16. The normalized spacial score (nSPS) is 12.0. The lowest BCUT2D eigenvalue weighted by molar-refractivity contribution is -0.135. The Bertz CT molecular complexity index is 311. The Balaban J connectivity index is 2.00. The van der Waals surface area contributed by atoms with Crippen molar-refractivity contribution in [3.05, 3.63) is 11.8 Å². The topological polar surface area (TPSA) is 51.0 Å². The molecule has 0 saturated heterocycles. The van der Waals surface area contributed by atoms with E-state index in [2.05, 4.69) is 15.5 Å². The number of hydrogen-bond donors (Lipinski definition) is 1. The number of hydrogen-bond acceptors (Lipinski definition) is 4. The molecule has 7 heteroatoms. The molecule has 0 bridgehead atoms. The molecule has 16 heavy (non-hydrogen) atoms. The van der Waals surface area contributed by atoms with Crippen LogP contribution in [0, 0.1) is 6.92 Å². The van der Waals surface area contributed by atoms with Crippen LogP contribution in [0.15, 0.2) is 4.42 Å². The van der Waals surface area contributed by atoms with Crippen LogP contribution < -0.4 is 5.32 Å². The molecule has 0 aliphatic rings. The lowest BCUT2D eigenvalue weighted by atomic mass is 10.2. The van der Waals surface area contributed by atoms with Crippen LogP contribution in [0.25, 0.3) is 0 Å². The van der Waals surface area contributed by atoms with E-state index in [0.717, 1.165) is 0 Å². The maximum Gasteiger partial charge on any atom is 0.389 e. The highest BCUT2D eigenvalue weighted by molar-refractivity contribution is 4.77. The Labute approximate surface area is 91.2 Å². The number of alkyl halides is 3. The molecule has 1 aromatic heterocycles. The Morgan fingerprint density at radius 1 is 1.25 bits per heavy atom. The molecule has 1 heterocycles. The van der Waals surface area contributed by atoms with E-state index < -0.39 is 12.6 Å². The fraction of sp³-hybridized carbons (Fsp3) is 0.778. The molecule has 0 aliphatic carbocycles. The van der Waals surface area contributed by atoms with Gasteiger partial charge in [-0.3, -0.25) is 0 Å². The lowest BCUT2D eigenvalue weighted by Gasteiger charge is -2.05. The number of nitrogens with zero attached hydrogens (tertiary/aromatic N) is 2. The van der Waals surface area contributed by atoms with Gasteiger partial charge >= 0.3 is 6.18 Å². The second kappa shape index (κ2) is 5.83. The maximum absolute atomic E-state index is 11.8. The van der Waals surface area contributed by atoms with Crippen LogP contribution in [0.2, 0.25) is 0 Å². The number of unbranched alkanes of at least 4 members (excludes halogenated alkanes) is 1. The van der Waals surface area contributed by atoms with Gasteiger partial charge in [-0.2, -0.15) is 13.2 Å². The van der Waals surface area contributed by atoms with Crippen LogP contribution in [0.3, 0.4) is 0 Å². The molecular weight excluding hydrogens is 223 g/mol. The summed E-state index contributed by atoms with van der Waals surface area (Å²) in [6, 6.07) is 0. The molecule has 92 valence electrons. The molecule has 4 nitrogen and oxygen atoms in total. The van der Waals surface area contributed by atoms with E-state index in [4.69, 9.17) is 4.42 Å². The van der Waals surface area contributed by atoms with Gasteiger partial charge in [-0.1, -0.05) is 0 Å². The van der Waals surface area contributed by atoms with E-state index in [1.54, 1.807) is 6.92 Å². The molecule has 1 rings (SSSR count). The van der Waals surface area contributed by atoms with E-state index in [0.29, 0.717) is 31.3 Å². The summed E-state index contributed by atoms with van der Waals surface area (Å²) in [4.78, 5) is 0. The third-order valence-electron chi connectivity index (χ3n) is 1.91. The summed E-state index contributed by atoms with van der Waals surface area (Å²) in [5.74, 6) is 0.933. The first-order chi connectivity index (χ1) is 7.47. The van der Waals surface area contributed by atoms with Crippen molar-refractivity contribution in [3.63, 3.8) is 0 Å². The average molecular weight is 237 g/mol. The highest BCUT2D eigenvalue weighted by Gasteiger charge is 2.25. The Morgan fingerprint density at radius 3 is 2.56 bits per heavy atom. The molecule has 0 aliphatic heterocycles. The van der Waals surface area contributed by atoms with Crippen LogP contribution in [-0.2, 0) is 6.54 Å². The van der Waals surface area contributed by atoms with Crippen molar-refractivity contribution in [1.29, 1.82) is 0 Å². The summed E-state index contributed by atoms with van der Waals surface area (Å²) in [5, 5.41) is 10.3. The minimum Gasteiger partial charge on any atom is -0.424 e. The van der Waals surface area contributed by atoms with Gasteiger partial charge in [0.05, 0.1) is 6.54 Å². The van der Waals surface area contributed by atoms with Gasteiger partial charge in [0.1, 0.15) is 0 Å². The summed E-state index contributed by atoms with van der Waals surface area (Å²) >= 11 is 0. The van der Waals surface area contributed by atoms with Crippen molar-refractivity contribution in [2.45, 2.75) is 38.9 Å². The first kappa shape index (κ1) is 13.0. The van der Waals surface area contributed by atoms with Gasteiger partial charge in [0, 0.05) is 13.3 Å². The number of halogens is 3. The zero-order valence-corrected chi connectivity index (χ0v) is 8.97. The molecule has 1 aromatic rings. The van der Waals surface area contributed by atoms with E-state index in [1.807, 2.05) is 0 Å². The SMILES string of the molecule is Cc1nnc(CNCCCCC(F)(F)F)o1. The Morgan fingerprint density at radius 2 is 2.00 bits per heavy atom. The van der Waals surface area contributed by atoms with Gasteiger partial charge in [0.15, 0.2) is 0 Å². The van der Waals surface area contributed by atoms with Gasteiger partial charge < -0.3 is 9.73 Å². The highest BCUT2D eigenvalue weighted by atomic mass is 19.4. The maximum atomic E-state index is 11.8. The van der Waals surface area contributed by atoms with Crippen LogP contribution in [-0.4, -0.2) is 22.9 Å². The van der Waals surface area contributed by atoms with Crippen molar-refractivity contribution in [1.82, 2.24) is 15.5 Å². The largest absolute Gasteiger partial charge is 0.424 e. The molecule has 0 atom stereocenters. The molecule has 0 aromatic carbocycles. The number of nitrogens with one attached hydrogen (secondary N) is 1. The van der Waals surface area contributed by atoms with Crippen LogP contribution >= 0.6 is 0 Å². The monoisotopic (exact) mass is 237 g/mol. The van der Waals surface area contributed by atoms with Gasteiger partial charge in [-0.05, 0) is 19.4 Å². The van der Waals surface area contributed by atoms with Gasteiger partial charge in [0.2, 0.25) is 11.8 Å². The second-order valence-corrected chi connectivity index (χ2v) is 3.46. The minimum atomic E-state index is -4.05. The smallest absolute Gasteiger partial charge is 0.389 e. The van der Waals surface area contributed by atoms with E-state index in [-0.39, 0.29) is 6.42 Å². The molecule has 1 N–H and O–H groups in total. The quantitative estimate of drug-likeness (QED) is 0.770. The van der Waals surface area contributed by atoms with E-state index in [1.165, 1.54) is 0 Å².